The molecule has 0 bridgehead atoms. The zero-order valence-corrected chi connectivity index (χ0v) is 11.1. The molecular formula is C18H24. The summed E-state index contributed by atoms with van der Waals surface area (Å²) in [5.74, 6) is 0.600. The van der Waals surface area contributed by atoms with E-state index in [0.29, 0.717) is 5.92 Å². The van der Waals surface area contributed by atoms with Gasteiger partial charge in [-0.3, -0.25) is 0 Å². The van der Waals surface area contributed by atoms with E-state index in [1.165, 1.54) is 27.8 Å². The molecule has 18 heavy (non-hydrogen) atoms. The van der Waals surface area contributed by atoms with Crippen molar-refractivity contribution in [1.82, 2.24) is 0 Å². The molecule has 96 valence electrons. The molecule has 0 fully saturated rings. The lowest BCUT2D eigenvalue weighted by molar-refractivity contribution is 0.867. The van der Waals surface area contributed by atoms with Crippen molar-refractivity contribution in [2.45, 2.75) is 41.0 Å². The molecule has 2 rings (SSSR count). The van der Waals surface area contributed by atoms with Crippen LogP contribution >= 0.6 is 0 Å². The first-order valence-electron chi connectivity index (χ1n) is 6.25. The Hall–Kier alpha value is -1.56. The van der Waals surface area contributed by atoms with Crippen molar-refractivity contribution in [3.05, 3.63) is 59.2 Å². The summed E-state index contributed by atoms with van der Waals surface area (Å²) < 4.78 is 0. The van der Waals surface area contributed by atoms with E-state index in [-0.39, 0.29) is 7.43 Å². The molecule has 0 heterocycles. The van der Waals surface area contributed by atoms with Gasteiger partial charge in [-0.1, -0.05) is 69.3 Å². The van der Waals surface area contributed by atoms with Gasteiger partial charge in [0.05, 0.1) is 0 Å². The average molecular weight is 240 g/mol. The van der Waals surface area contributed by atoms with Crippen molar-refractivity contribution in [1.29, 1.82) is 0 Å². The molecular weight excluding hydrogens is 216 g/mol. The van der Waals surface area contributed by atoms with Gasteiger partial charge in [0.15, 0.2) is 0 Å². The number of aryl methyl sites for hydroxylation is 2. The molecule has 0 saturated heterocycles. The van der Waals surface area contributed by atoms with Crippen LogP contribution in [0.5, 0.6) is 0 Å². The normalized spacial score (nSPS) is 10.3. The van der Waals surface area contributed by atoms with Gasteiger partial charge in [0.25, 0.3) is 0 Å². The first kappa shape index (κ1) is 14.5. The smallest absolute Gasteiger partial charge is 0.0155 e. The Morgan fingerprint density at radius 1 is 0.833 bits per heavy atom. The lowest BCUT2D eigenvalue weighted by Crippen LogP contribution is -1.88. The third-order valence-electron chi connectivity index (χ3n) is 3.27. The molecule has 0 atom stereocenters. The maximum absolute atomic E-state index is 2.24. The SMILES string of the molecule is C.Cc1ccc(-c2ccc(C(C)C)cc2)c(C)c1. The fourth-order valence-corrected chi connectivity index (χ4v) is 2.19. The monoisotopic (exact) mass is 240 g/mol. The van der Waals surface area contributed by atoms with E-state index >= 15 is 0 Å². The first-order valence-corrected chi connectivity index (χ1v) is 6.25. The predicted octanol–water partition coefficient (Wildman–Crippen LogP) is 5.73. The van der Waals surface area contributed by atoms with Gasteiger partial charge < -0.3 is 0 Å². The second-order valence-corrected chi connectivity index (χ2v) is 5.10. The number of rotatable bonds is 2. The second kappa shape index (κ2) is 5.86. The Morgan fingerprint density at radius 3 is 1.94 bits per heavy atom. The van der Waals surface area contributed by atoms with Gasteiger partial charge in [-0.05, 0) is 42.0 Å². The van der Waals surface area contributed by atoms with E-state index < -0.39 is 0 Å². The van der Waals surface area contributed by atoms with Gasteiger partial charge in [-0.2, -0.15) is 0 Å². The maximum atomic E-state index is 2.24. The van der Waals surface area contributed by atoms with Gasteiger partial charge in [0.1, 0.15) is 0 Å². The van der Waals surface area contributed by atoms with Crippen molar-refractivity contribution in [3.63, 3.8) is 0 Å². The number of benzene rings is 2. The van der Waals surface area contributed by atoms with Crippen LogP contribution < -0.4 is 0 Å². The molecule has 0 radical (unpaired) electrons. The molecule has 0 unspecified atom stereocenters. The Labute approximate surface area is 112 Å². The molecule has 0 nitrogen and oxygen atoms in total. The molecule has 0 aliphatic carbocycles. The molecule has 0 aliphatic heterocycles. The zero-order chi connectivity index (χ0) is 12.4. The fraction of sp³-hybridized carbons (Fsp3) is 0.333. The summed E-state index contributed by atoms with van der Waals surface area (Å²) in [6.07, 6.45) is 0. The minimum atomic E-state index is 0. The maximum Gasteiger partial charge on any atom is -0.0155 e. The van der Waals surface area contributed by atoms with Gasteiger partial charge in [-0.25, -0.2) is 0 Å². The van der Waals surface area contributed by atoms with Crippen LogP contribution in [0, 0.1) is 13.8 Å². The van der Waals surface area contributed by atoms with E-state index in [1.54, 1.807) is 0 Å². The molecule has 0 heteroatoms. The van der Waals surface area contributed by atoms with Gasteiger partial charge in [0, 0.05) is 0 Å². The van der Waals surface area contributed by atoms with Crippen LogP contribution in [0.25, 0.3) is 11.1 Å². The third-order valence-corrected chi connectivity index (χ3v) is 3.27. The van der Waals surface area contributed by atoms with Crippen molar-refractivity contribution < 1.29 is 0 Å². The highest BCUT2D eigenvalue weighted by molar-refractivity contribution is 5.67. The molecule has 2 aromatic carbocycles. The highest BCUT2D eigenvalue weighted by Gasteiger charge is 2.03. The summed E-state index contributed by atoms with van der Waals surface area (Å²) in [7, 11) is 0. The van der Waals surface area contributed by atoms with Crippen molar-refractivity contribution in [2.75, 3.05) is 0 Å². The molecule has 0 aromatic heterocycles. The molecule has 0 aliphatic rings. The Bertz CT molecular complexity index is 504. The van der Waals surface area contributed by atoms with Crippen LogP contribution in [0.1, 0.15) is 43.9 Å². The van der Waals surface area contributed by atoms with Crippen LogP contribution in [-0.4, -0.2) is 0 Å². The Balaban J connectivity index is 0.00000162. The van der Waals surface area contributed by atoms with Crippen LogP contribution in [0.15, 0.2) is 42.5 Å². The highest BCUT2D eigenvalue weighted by Crippen LogP contribution is 2.26. The third kappa shape index (κ3) is 3.01. The zero-order valence-electron chi connectivity index (χ0n) is 11.1. The van der Waals surface area contributed by atoms with Crippen molar-refractivity contribution in [2.24, 2.45) is 0 Å². The Morgan fingerprint density at radius 2 is 1.44 bits per heavy atom. The molecule has 0 saturated carbocycles. The first-order chi connectivity index (χ1) is 8.08. The summed E-state index contributed by atoms with van der Waals surface area (Å²) in [6, 6.07) is 15.6. The van der Waals surface area contributed by atoms with E-state index in [9.17, 15) is 0 Å². The number of hydrogen-bond acceptors (Lipinski definition) is 0. The van der Waals surface area contributed by atoms with Crippen molar-refractivity contribution >= 4 is 0 Å². The van der Waals surface area contributed by atoms with E-state index in [2.05, 4.69) is 70.2 Å². The minimum absolute atomic E-state index is 0. The standard InChI is InChI=1S/C17H20.CH4/c1-12(2)15-6-8-16(9-7-15)17-10-5-13(3)11-14(17)4;/h5-12H,1-4H3;1H4. The van der Waals surface area contributed by atoms with Gasteiger partial charge in [0.2, 0.25) is 0 Å². The fourth-order valence-electron chi connectivity index (χ4n) is 2.19. The average Bonchev–Trinajstić information content (AvgIpc) is 2.29. The summed E-state index contributed by atoms with van der Waals surface area (Å²) >= 11 is 0. The van der Waals surface area contributed by atoms with Gasteiger partial charge in [-0.15, -0.1) is 0 Å². The molecule has 0 spiro atoms. The molecule has 0 N–H and O–H groups in total. The summed E-state index contributed by atoms with van der Waals surface area (Å²) in [5, 5.41) is 0. The quantitative estimate of drug-likeness (QED) is 0.629. The predicted molar refractivity (Wildman–Crippen MR) is 82.2 cm³/mol. The number of hydrogen-bond donors (Lipinski definition) is 0. The van der Waals surface area contributed by atoms with E-state index in [4.69, 9.17) is 0 Å². The van der Waals surface area contributed by atoms with Crippen LogP contribution in [0.3, 0.4) is 0 Å². The lowest BCUT2D eigenvalue weighted by atomic mass is 9.96. The largest absolute Gasteiger partial charge is 0.0776 e. The second-order valence-electron chi connectivity index (χ2n) is 5.10. The van der Waals surface area contributed by atoms with Crippen LogP contribution in [0.2, 0.25) is 0 Å². The summed E-state index contributed by atoms with van der Waals surface area (Å²) in [6.45, 7) is 8.77. The van der Waals surface area contributed by atoms with Gasteiger partial charge >= 0.3 is 0 Å². The van der Waals surface area contributed by atoms with E-state index in [1.807, 2.05) is 0 Å². The molecule has 0 amide bonds. The summed E-state index contributed by atoms with van der Waals surface area (Å²) in [5.41, 5.74) is 6.73. The topological polar surface area (TPSA) is 0 Å². The van der Waals surface area contributed by atoms with Crippen molar-refractivity contribution in [3.8, 4) is 11.1 Å². The van der Waals surface area contributed by atoms with E-state index in [0.717, 1.165) is 0 Å². The van der Waals surface area contributed by atoms with Crippen LogP contribution in [-0.2, 0) is 0 Å². The molecule has 2 aromatic rings. The summed E-state index contributed by atoms with van der Waals surface area (Å²) in [4.78, 5) is 0. The minimum Gasteiger partial charge on any atom is -0.0776 e. The highest BCUT2D eigenvalue weighted by atomic mass is 14.1. The van der Waals surface area contributed by atoms with Crippen LogP contribution in [0.4, 0.5) is 0 Å². The lowest BCUT2D eigenvalue weighted by Gasteiger charge is -2.09. The Kier molecular flexibility index (Phi) is 4.72.